The van der Waals surface area contributed by atoms with Gasteiger partial charge in [-0.1, -0.05) is 0 Å². The number of hydrogen-bond acceptors (Lipinski definition) is 7. The van der Waals surface area contributed by atoms with Crippen molar-refractivity contribution in [1.29, 1.82) is 0 Å². The molecule has 9 heteroatoms. The van der Waals surface area contributed by atoms with Crippen molar-refractivity contribution in [2.45, 2.75) is 18.9 Å². The Morgan fingerprint density at radius 2 is 2.06 bits per heavy atom. The van der Waals surface area contributed by atoms with Crippen molar-refractivity contribution in [3.63, 3.8) is 0 Å². The molecule has 2 N–H and O–H groups in total. The highest BCUT2D eigenvalue weighted by molar-refractivity contribution is 5.76. The molecule has 1 fully saturated rings. The van der Waals surface area contributed by atoms with Gasteiger partial charge in [-0.25, -0.2) is 9.97 Å². The molecule has 1 aromatic carbocycles. The van der Waals surface area contributed by atoms with E-state index < -0.39 is 0 Å². The van der Waals surface area contributed by atoms with E-state index in [1.807, 2.05) is 24.7 Å². The third-order valence-electron chi connectivity index (χ3n) is 6.33. The predicted molar refractivity (Wildman–Crippen MR) is 124 cm³/mol. The Morgan fingerprint density at radius 3 is 2.97 bits per heavy atom. The van der Waals surface area contributed by atoms with E-state index in [4.69, 9.17) is 9.72 Å². The Morgan fingerprint density at radius 1 is 1.16 bits per heavy atom. The van der Waals surface area contributed by atoms with Crippen LogP contribution in [-0.2, 0) is 0 Å². The van der Waals surface area contributed by atoms with Gasteiger partial charge >= 0.3 is 0 Å². The summed E-state index contributed by atoms with van der Waals surface area (Å²) >= 11 is 0. The van der Waals surface area contributed by atoms with E-state index in [1.165, 1.54) is 0 Å². The normalized spacial score (nSPS) is 16.7. The number of fused-ring (bicyclic) bond motifs is 2. The lowest BCUT2D eigenvalue weighted by Crippen LogP contribution is -2.29. The molecule has 1 saturated heterocycles. The van der Waals surface area contributed by atoms with Gasteiger partial charge in [0.25, 0.3) is 0 Å². The van der Waals surface area contributed by atoms with E-state index >= 15 is 0 Å². The summed E-state index contributed by atoms with van der Waals surface area (Å²) < 4.78 is 9.92. The van der Waals surface area contributed by atoms with Crippen molar-refractivity contribution in [3.05, 3.63) is 49.2 Å². The summed E-state index contributed by atoms with van der Waals surface area (Å²) in [6.45, 7) is 3.67. The van der Waals surface area contributed by atoms with E-state index in [0.717, 1.165) is 66.5 Å². The fraction of sp³-hybridized carbons (Fsp3) is 0.348. The number of likely N-dealkylation sites (N-methyl/N-ethyl adjacent to an activating group) is 1. The molecule has 164 valence electrons. The summed E-state index contributed by atoms with van der Waals surface area (Å²) in [5.41, 5.74) is 4.84. The average molecular weight is 431 g/mol. The van der Waals surface area contributed by atoms with Gasteiger partial charge in [-0.15, -0.1) is 0 Å². The first-order valence-corrected chi connectivity index (χ1v) is 11.1. The van der Waals surface area contributed by atoms with Crippen LogP contribution < -0.4 is 20.3 Å². The molecular weight excluding hydrogens is 404 g/mol. The van der Waals surface area contributed by atoms with Gasteiger partial charge < -0.3 is 20.3 Å². The zero-order valence-electron chi connectivity index (χ0n) is 18.0. The summed E-state index contributed by atoms with van der Waals surface area (Å²) in [7, 11) is 2.09. The topological polar surface area (TPSA) is 84.5 Å². The molecule has 0 amide bonds. The molecule has 0 saturated carbocycles. The highest BCUT2D eigenvalue weighted by atomic mass is 16.5. The molecule has 32 heavy (non-hydrogen) atoms. The Kier molecular flexibility index (Phi) is 4.68. The molecule has 5 heterocycles. The minimum Gasteiger partial charge on any atom is -0.490 e. The largest absolute Gasteiger partial charge is 0.490 e. The minimum absolute atomic E-state index is 0.444. The van der Waals surface area contributed by atoms with Crippen LogP contribution in [0.3, 0.4) is 0 Å². The number of piperidine rings is 1. The standard InChI is InChI=1S/C23H26N8O/c1-29-10-11-32-21-3-2-16(12-19(21)29)20-14-26-22(23-25-8-9-30(20)23)28-17-13-27-31(15-17)18-4-6-24-7-5-18/h2-3,8-9,12-15,18,24H,4-7,10-11H2,1H3,(H,26,28). The lowest BCUT2D eigenvalue weighted by Gasteiger charge is -2.28. The van der Waals surface area contributed by atoms with Crippen LogP contribution in [0.25, 0.3) is 16.9 Å². The first-order valence-electron chi connectivity index (χ1n) is 11.1. The second kappa shape index (κ2) is 7.83. The van der Waals surface area contributed by atoms with E-state index in [0.29, 0.717) is 18.5 Å². The van der Waals surface area contributed by atoms with Gasteiger partial charge in [0.15, 0.2) is 11.5 Å². The van der Waals surface area contributed by atoms with Crippen LogP contribution in [0.2, 0.25) is 0 Å². The molecule has 6 rings (SSSR count). The Bertz CT molecular complexity index is 1260. The fourth-order valence-electron chi connectivity index (χ4n) is 4.54. The van der Waals surface area contributed by atoms with E-state index in [9.17, 15) is 0 Å². The predicted octanol–water partition coefficient (Wildman–Crippen LogP) is 3.09. The summed E-state index contributed by atoms with van der Waals surface area (Å²) in [5, 5.41) is 11.4. The minimum atomic E-state index is 0.444. The van der Waals surface area contributed by atoms with Gasteiger partial charge in [-0.05, 0) is 44.1 Å². The van der Waals surface area contributed by atoms with Crippen LogP contribution in [-0.4, -0.2) is 57.4 Å². The summed E-state index contributed by atoms with van der Waals surface area (Å²) in [5.74, 6) is 1.63. The van der Waals surface area contributed by atoms with Crippen LogP contribution in [0, 0.1) is 0 Å². The summed E-state index contributed by atoms with van der Waals surface area (Å²) in [4.78, 5) is 11.5. The van der Waals surface area contributed by atoms with E-state index in [-0.39, 0.29) is 0 Å². The zero-order chi connectivity index (χ0) is 21.5. The molecular formula is C23H26N8O. The van der Waals surface area contributed by atoms with Crippen LogP contribution in [0.4, 0.5) is 17.2 Å². The third-order valence-corrected chi connectivity index (χ3v) is 6.33. The van der Waals surface area contributed by atoms with Crippen molar-refractivity contribution in [2.24, 2.45) is 0 Å². The molecule has 4 aromatic rings. The molecule has 9 nitrogen and oxygen atoms in total. The summed E-state index contributed by atoms with van der Waals surface area (Å²) in [6.07, 6.45) is 11.8. The number of aromatic nitrogens is 5. The van der Waals surface area contributed by atoms with Gasteiger partial charge in [-0.2, -0.15) is 5.10 Å². The number of rotatable bonds is 4. The number of nitrogens with one attached hydrogen (secondary N) is 2. The highest BCUT2D eigenvalue weighted by Gasteiger charge is 2.19. The van der Waals surface area contributed by atoms with Crippen LogP contribution >= 0.6 is 0 Å². The molecule has 0 bridgehead atoms. The Hall–Kier alpha value is -3.59. The second-order valence-electron chi connectivity index (χ2n) is 8.38. The van der Waals surface area contributed by atoms with Crippen molar-refractivity contribution in [2.75, 3.05) is 43.5 Å². The number of hydrogen-bond donors (Lipinski definition) is 2. The second-order valence-corrected chi connectivity index (χ2v) is 8.38. The van der Waals surface area contributed by atoms with Crippen molar-refractivity contribution >= 4 is 22.8 Å². The first-order chi connectivity index (χ1) is 15.8. The molecule has 2 aliphatic rings. The van der Waals surface area contributed by atoms with Gasteiger partial charge in [0, 0.05) is 31.2 Å². The van der Waals surface area contributed by atoms with Crippen LogP contribution in [0.5, 0.6) is 5.75 Å². The van der Waals surface area contributed by atoms with Gasteiger partial charge in [0.2, 0.25) is 0 Å². The highest BCUT2D eigenvalue weighted by Crippen LogP contribution is 2.35. The van der Waals surface area contributed by atoms with Gasteiger partial charge in [0.1, 0.15) is 12.4 Å². The van der Waals surface area contributed by atoms with E-state index in [1.54, 1.807) is 6.20 Å². The molecule has 0 unspecified atom stereocenters. The third kappa shape index (κ3) is 3.34. The maximum Gasteiger partial charge on any atom is 0.180 e. The van der Waals surface area contributed by atoms with Crippen molar-refractivity contribution in [1.82, 2.24) is 29.5 Å². The lowest BCUT2D eigenvalue weighted by molar-refractivity contribution is 0.311. The molecule has 0 aliphatic carbocycles. The fourth-order valence-corrected chi connectivity index (χ4v) is 4.54. The van der Waals surface area contributed by atoms with Gasteiger partial charge in [-0.3, -0.25) is 9.08 Å². The SMILES string of the molecule is CN1CCOc2ccc(-c3cnc(Nc4cnn(C5CCNCC5)c4)c4nccn34)cc21. The van der Waals surface area contributed by atoms with Crippen LogP contribution in [0.15, 0.2) is 49.2 Å². The quantitative estimate of drug-likeness (QED) is 0.515. The van der Waals surface area contributed by atoms with Gasteiger partial charge in [0.05, 0.1) is 42.0 Å². The van der Waals surface area contributed by atoms with Crippen molar-refractivity contribution < 1.29 is 4.74 Å². The number of benzene rings is 1. The zero-order valence-corrected chi connectivity index (χ0v) is 18.0. The molecule has 0 spiro atoms. The number of anilines is 3. The number of ether oxygens (including phenoxy) is 1. The smallest absolute Gasteiger partial charge is 0.180 e. The first kappa shape index (κ1) is 19.1. The molecule has 0 atom stereocenters. The number of imidazole rings is 1. The maximum absolute atomic E-state index is 5.79. The molecule has 2 aliphatic heterocycles. The Balaban J connectivity index is 1.31. The lowest BCUT2D eigenvalue weighted by atomic mass is 10.1. The molecule has 0 radical (unpaired) electrons. The Labute approximate surface area is 186 Å². The number of nitrogens with zero attached hydrogens (tertiary/aromatic N) is 6. The monoisotopic (exact) mass is 430 g/mol. The summed E-state index contributed by atoms with van der Waals surface area (Å²) in [6, 6.07) is 6.70. The van der Waals surface area contributed by atoms with E-state index in [2.05, 4.69) is 60.1 Å². The average Bonchev–Trinajstić information content (AvgIpc) is 3.50. The van der Waals surface area contributed by atoms with Crippen LogP contribution in [0.1, 0.15) is 18.9 Å². The molecule has 3 aromatic heterocycles. The van der Waals surface area contributed by atoms with Crippen molar-refractivity contribution in [3.8, 4) is 17.0 Å². The maximum atomic E-state index is 5.79.